The molecule has 3 aromatic carbocycles. The number of rotatable bonds is 6. The molecular weight excluding hydrogens is 460 g/mol. The van der Waals surface area contributed by atoms with Gasteiger partial charge >= 0.3 is 5.97 Å². The lowest BCUT2D eigenvalue weighted by atomic mass is 10.0. The highest BCUT2D eigenvalue weighted by Crippen LogP contribution is 2.27. The molecule has 0 aliphatic heterocycles. The standard InChI is InChI=1S/C24H17BrN2O4/c25-21-11-10-17(19-7-1-2-8-20(19)21)14-23(28)27-26-15-16-5-3-6-18(13-16)31-24(29)22-9-4-12-30-22/h1-13,15H,14H2,(H,27,28)/b26-15-. The largest absolute Gasteiger partial charge is 0.457 e. The van der Waals surface area contributed by atoms with Crippen LogP contribution in [0, 0.1) is 0 Å². The summed E-state index contributed by atoms with van der Waals surface area (Å²) < 4.78 is 11.3. The molecule has 0 radical (unpaired) electrons. The molecule has 0 fully saturated rings. The van der Waals surface area contributed by atoms with Gasteiger partial charge in [-0.3, -0.25) is 4.79 Å². The van der Waals surface area contributed by atoms with Crippen LogP contribution in [0.25, 0.3) is 10.8 Å². The zero-order valence-corrected chi connectivity index (χ0v) is 17.8. The molecule has 1 aromatic heterocycles. The summed E-state index contributed by atoms with van der Waals surface area (Å²) in [6.45, 7) is 0. The van der Waals surface area contributed by atoms with Gasteiger partial charge in [0.15, 0.2) is 0 Å². The van der Waals surface area contributed by atoms with Crippen molar-refractivity contribution in [3.63, 3.8) is 0 Å². The van der Waals surface area contributed by atoms with Crippen LogP contribution in [0.4, 0.5) is 0 Å². The van der Waals surface area contributed by atoms with E-state index in [4.69, 9.17) is 9.15 Å². The van der Waals surface area contributed by atoms with E-state index in [-0.39, 0.29) is 18.1 Å². The van der Waals surface area contributed by atoms with Crippen molar-refractivity contribution in [3.05, 3.63) is 100 Å². The van der Waals surface area contributed by atoms with Crippen LogP contribution in [0.1, 0.15) is 21.7 Å². The van der Waals surface area contributed by atoms with Gasteiger partial charge in [-0.1, -0.05) is 58.4 Å². The van der Waals surface area contributed by atoms with E-state index in [1.54, 1.807) is 30.3 Å². The highest BCUT2D eigenvalue weighted by Gasteiger charge is 2.11. The molecule has 0 saturated carbocycles. The molecule has 0 aliphatic carbocycles. The van der Waals surface area contributed by atoms with E-state index >= 15 is 0 Å². The van der Waals surface area contributed by atoms with Gasteiger partial charge in [0.05, 0.1) is 18.9 Å². The lowest BCUT2D eigenvalue weighted by molar-refractivity contribution is -0.120. The quantitative estimate of drug-likeness (QED) is 0.181. The van der Waals surface area contributed by atoms with E-state index in [0.717, 1.165) is 20.8 Å². The second kappa shape index (κ2) is 9.40. The lowest BCUT2D eigenvalue weighted by Crippen LogP contribution is -2.19. The molecule has 1 heterocycles. The minimum absolute atomic E-state index is 0.117. The van der Waals surface area contributed by atoms with Crippen molar-refractivity contribution in [1.29, 1.82) is 0 Å². The molecule has 7 heteroatoms. The average Bonchev–Trinajstić information content (AvgIpc) is 3.31. The fourth-order valence-electron chi connectivity index (χ4n) is 3.08. The summed E-state index contributed by atoms with van der Waals surface area (Å²) in [5, 5.41) is 6.08. The summed E-state index contributed by atoms with van der Waals surface area (Å²) >= 11 is 3.54. The summed E-state index contributed by atoms with van der Waals surface area (Å²) in [4.78, 5) is 24.3. The Morgan fingerprint density at radius 3 is 2.65 bits per heavy atom. The molecule has 0 aliphatic rings. The number of fused-ring (bicyclic) bond motifs is 1. The van der Waals surface area contributed by atoms with Crippen molar-refractivity contribution in [2.75, 3.05) is 0 Å². The van der Waals surface area contributed by atoms with Gasteiger partial charge in [-0.25, -0.2) is 10.2 Å². The highest BCUT2D eigenvalue weighted by atomic mass is 79.9. The second-order valence-electron chi connectivity index (χ2n) is 6.66. The van der Waals surface area contributed by atoms with Crippen molar-refractivity contribution in [3.8, 4) is 5.75 Å². The molecule has 6 nitrogen and oxygen atoms in total. The monoisotopic (exact) mass is 476 g/mol. The van der Waals surface area contributed by atoms with Crippen LogP contribution < -0.4 is 10.2 Å². The van der Waals surface area contributed by atoms with Crippen LogP contribution in [-0.4, -0.2) is 18.1 Å². The minimum Gasteiger partial charge on any atom is -0.457 e. The Morgan fingerprint density at radius 1 is 1.00 bits per heavy atom. The number of nitrogens with zero attached hydrogens (tertiary/aromatic N) is 1. The summed E-state index contributed by atoms with van der Waals surface area (Å²) in [7, 11) is 0. The molecule has 4 rings (SSSR count). The van der Waals surface area contributed by atoms with Gasteiger partial charge in [0.25, 0.3) is 0 Å². The molecule has 0 spiro atoms. The van der Waals surface area contributed by atoms with Gasteiger partial charge in [-0.15, -0.1) is 0 Å². The molecule has 31 heavy (non-hydrogen) atoms. The molecular formula is C24H17BrN2O4. The maximum absolute atomic E-state index is 12.4. The molecule has 154 valence electrons. The summed E-state index contributed by atoms with van der Waals surface area (Å²) in [5.74, 6) is -0.358. The maximum Gasteiger partial charge on any atom is 0.379 e. The molecule has 4 aromatic rings. The number of hydrogen-bond donors (Lipinski definition) is 1. The number of carbonyl (C=O) groups is 2. The fraction of sp³-hybridized carbons (Fsp3) is 0.0417. The minimum atomic E-state index is -0.589. The van der Waals surface area contributed by atoms with Crippen LogP contribution >= 0.6 is 15.9 Å². The van der Waals surface area contributed by atoms with Gasteiger partial charge in [0.2, 0.25) is 11.7 Å². The van der Waals surface area contributed by atoms with Crippen molar-refractivity contribution < 1.29 is 18.7 Å². The van der Waals surface area contributed by atoms with Gasteiger partial charge in [0, 0.05) is 4.47 Å². The van der Waals surface area contributed by atoms with Gasteiger partial charge < -0.3 is 9.15 Å². The third-order valence-electron chi connectivity index (χ3n) is 4.51. The Bertz CT molecular complexity index is 1270. The number of esters is 1. The third kappa shape index (κ3) is 5.07. The van der Waals surface area contributed by atoms with E-state index in [9.17, 15) is 9.59 Å². The van der Waals surface area contributed by atoms with E-state index in [0.29, 0.717) is 11.3 Å². The van der Waals surface area contributed by atoms with Crippen molar-refractivity contribution in [1.82, 2.24) is 5.43 Å². The molecule has 0 atom stereocenters. The Labute approximate surface area is 186 Å². The lowest BCUT2D eigenvalue weighted by Gasteiger charge is -2.07. The number of nitrogens with one attached hydrogen (secondary N) is 1. The second-order valence-corrected chi connectivity index (χ2v) is 7.52. The van der Waals surface area contributed by atoms with Gasteiger partial charge in [-0.05, 0) is 52.2 Å². The van der Waals surface area contributed by atoms with E-state index in [1.165, 1.54) is 18.5 Å². The van der Waals surface area contributed by atoms with Gasteiger partial charge in [-0.2, -0.15) is 5.10 Å². The van der Waals surface area contributed by atoms with Crippen LogP contribution in [0.2, 0.25) is 0 Å². The Balaban J connectivity index is 1.38. The average molecular weight is 477 g/mol. The Hall–Kier alpha value is -3.71. The predicted molar refractivity (Wildman–Crippen MR) is 121 cm³/mol. The van der Waals surface area contributed by atoms with Crippen molar-refractivity contribution in [2.45, 2.75) is 6.42 Å². The predicted octanol–water partition coefficient (Wildman–Crippen LogP) is 5.11. The van der Waals surface area contributed by atoms with E-state index in [1.807, 2.05) is 36.4 Å². The van der Waals surface area contributed by atoms with Crippen LogP contribution in [0.15, 0.2) is 93.1 Å². The number of halogens is 1. The number of hydrazone groups is 1. The molecule has 0 saturated heterocycles. The Morgan fingerprint density at radius 2 is 1.84 bits per heavy atom. The highest BCUT2D eigenvalue weighted by molar-refractivity contribution is 9.10. The first kappa shape index (κ1) is 20.6. The summed E-state index contributed by atoms with van der Waals surface area (Å²) in [6.07, 6.45) is 3.09. The number of carbonyl (C=O) groups excluding carboxylic acids is 2. The molecule has 0 bridgehead atoms. The zero-order chi connectivity index (χ0) is 21.6. The Kier molecular flexibility index (Phi) is 6.24. The summed E-state index contributed by atoms with van der Waals surface area (Å²) in [6, 6.07) is 21.7. The number of hydrogen-bond acceptors (Lipinski definition) is 5. The normalized spacial score (nSPS) is 11.0. The smallest absolute Gasteiger partial charge is 0.379 e. The molecule has 1 N–H and O–H groups in total. The first-order valence-corrected chi connectivity index (χ1v) is 10.2. The van der Waals surface area contributed by atoms with Crippen molar-refractivity contribution in [2.24, 2.45) is 5.10 Å². The van der Waals surface area contributed by atoms with E-state index < -0.39 is 5.97 Å². The molecule has 0 unspecified atom stereocenters. The van der Waals surface area contributed by atoms with E-state index in [2.05, 4.69) is 26.5 Å². The van der Waals surface area contributed by atoms with Crippen molar-refractivity contribution >= 4 is 44.8 Å². The number of furan rings is 1. The number of benzene rings is 3. The van der Waals surface area contributed by atoms with Crippen LogP contribution in [0.5, 0.6) is 5.75 Å². The van der Waals surface area contributed by atoms with Crippen LogP contribution in [-0.2, 0) is 11.2 Å². The number of ether oxygens (including phenoxy) is 1. The first-order valence-electron chi connectivity index (χ1n) is 9.44. The molecule has 1 amide bonds. The van der Waals surface area contributed by atoms with Gasteiger partial charge in [0.1, 0.15) is 5.75 Å². The summed E-state index contributed by atoms with van der Waals surface area (Å²) in [5.41, 5.74) is 4.12. The topological polar surface area (TPSA) is 80.9 Å². The van der Waals surface area contributed by atoms with Crippen LogP contribution in [0.3, 0.4) is 0 Å². The first-order chi connectivity index (χ1) is 15.1. The SMILES string of the molecule is O=C(Cc1ccc(Br)c2ccccc12)N/N=C\c1cccc(OC(=O)c2ccco2)c1. The fourth-order valence-corrected chi connectivity index (χ4v) is 3.56. The maximum atomic E-state index is 12.4. The zero-order valence-electron chi connectivity index (χ0n) is 16.2. The third-order valence-corrected chi connectivity index (χ3v) is 5.20. The number of amides is 1.